The summed E-state index contributed by atoms with van der Waals surface area (Å²) in [6.07, 6.45) is 5.58. The summed E-state index contributed by atoms with van der Waals surface area (Å²) in [6, 6.07) is 7.53. The molecule has 0 N–H and O–H groups in total. The first-order chi connectivity index (χ1) is 10.3. The third-order valence-electron chi connectivity index (χ3n) is 3.62. The van der Waals surface area contributed by atoms with Crippen LogP contribution >= 0.6 is 0 Å². The molecular weight excluding hydrogens is 266 g/mol. The van der Waals surface area contributed by atoms with E-state index in [0.29, 0.717) is 18.1 Å². The molecule has 1 aliphatic heterocycles. The lowest BCUT2D eigenvalue weighted by atomic mass is 10.2. The molecule has 116 valence electrons. The fourth-order valence-electron chi connectivity index (χ4n) is 2.45. The minimum absolute atomic E-state index is 0.0715. The third kappa shape index (κ3) is 4.96. The number of ether oxygens (including phenoxy) is 2. The Bertz CT molecular complexity index is 439. The van der Waals surface area contributed by atoms with E-state index in [1.165, 1.54) is 12.8 Å². The molecule has 0 saturated carbocycles. The van der Waals surface area contributed by atoms with Crippen molar-refractivity contribution >= 4 is 5.91 Å². The Labute approximate surface area is 127 Å². The van der Waals surface area contributed by atoms with Crippen molar-refractivity contribution in [1.82, 2.24) is 4.90 Å². The van der Waals surface area contributed by atoms with Crippen molar-refractivity contribution in [1.29, 1.82) is 0 Å². The van der Waals surface area contributed by atoms with Gasteiger partial charge in [-0.05, 0) is 31.4 Å². The Balaban J connectivity index is 1.88. The topological polar surface area (TPSA) is 38.8 Å². The number of carbonyl (C=O) groups is 1. The number of nitrogens with zero attached hydrogens (tertiary/aromatic N) is 1. The smallest absolute Gasteiger partial charge is 0.260 e. The molecule has 0 radical (unpaired) electrons. The van der Waals surface area contributed by atoms with Gasteiger partial charge in [-0.15, -0.1) is 0 Å². The number of para-hydroxylation sites is 2. The highest BCUT2D eigenvalue weighted by molar-refractivity contribution is 5.77. The number of likely N-dealkylation sites (tertiary alicyclic amines) is 1. The number of rotatable bonds is 6. The van der Waals surface area contributed by atoms with Crippen LogP contribution in [0.1, 0.15) is 39.0 Å². The molecule has 1 aromatic rings. The van der Waals surface area contributed by atoms with Gasteiger partial charge in [-0.3, -0.25) is 4.79 Å². The molecular formula is C17H25NO3. The van der Waals surface area contributed by atoms with Gasteiger partial charge in [-0.1, -0.05) is 31.9 Å². The number of hydrogen-bond acceptors (Lipinski definition) is 3. The molecule has 2 rings (SSSR count). The van der Waals surface area contributed by atoms with Crippen LogP contribution in [0.15, 0.2) is 24.3 Å². The molecule has 0 aromatic heterocycles. The molecule has 1 amide bonds. The molecule has 21 heavy (non-hydrogen) atoms. The van der Waals surface area contributed by atoms with Crippen LogP contribution in [0.2, 0.25) is 0 Å². The second-order valence-corrected chi connectivity index (χ2v) is 5.38. The Morgan fingerprint density at radius 3 is 2.29 bits per heavy atom. The van der Waals surface area contributed by atoms with E-state index in [1.54, 1.807) is 0 Å². The minimum atomic E-state index is 0.0715. The molecule has 0 spiro atoms. The highest BCUT2D eigenvalue weighted by atomic mass is 16.5. The van der Waals surface area contributed by atoms with Crippen LogP contribution in [0.4, 0.5) is 0 Å². The van der Waals surface area contributed by atoms with Crippen molar-refractivity contribution in [2.45, 2.75) is 39.0 Å². The lowest BCUT2D eigenvalue weighted by Crippen LogP contribution is -2.35. The maximum Gasteiger partial charge on any atom is 0.260 e. The zero-order valence-corrected chi connectivity index (χ0v) is 12.8. The van der Waals surface area contributed by atoms with Crippen LogP contribution in [0, 0.1) is 0 Å². The SMILES string of the molecule is CCCOc1ccccc1OCC(=O)N1CCCCCC1. The zero-order chi connectivity index (χ0) is 14.9. The molecule has 0 atom stereocenters. The van der Waals surface area contributed by atoms with Gasteiger partial charge in [0.1, 0.15) is 0 Å². The summed E-state index contributed by atoms with van der Waals surface area (Å²) in [5, 5.41) is 0. The van der Waals surface area contributed by atoms with E-state index in [-0.39, 0.29) is 12.5 Å². The van der Waals surface area contributed by atoms with Crippen molar-refractivity contribution in [3.8, 4) is 11.5 Å². The van der Waals surface area contributed by atoms with Gasteiger partial charge in [0.05, 0.1) is 6.61 Å². The molecule has 1 aliphatic rings. The molecule has 0 bridgehead atoms. The van der Waals surface area contributed by atoms with Crippen molar-refractivity contribution in [2.24, 2.45) is 0 Å². The van der Waals surface area contributed by atoms with E-state index in [9.17, 15) is 4.79 Å². The fraction of sp³-hybridized carbons (Fsp3) is 0.588. The van der Waals surface area contributed by atoms with Crippen LogP contribution in [0.25, 0.3) is 0 Å². The van der Waals surface area contributed by atoms with Crippen molar-refractivity contribution in [3.63, 3.8) is 0 Å². The maximum absolute atomic E-state index is 12.2. The molecule has 4 heteroatoms. The predicted molar refractivity (Wildman–Crippen MR) is 82.8 cm³/mol. The van der Waals surface area contributed by atoms with E-state index >= 15 is 0 Å². The van der Waals surface area contributed by atoms with E-state index in [4.69, 9.17) is 9.47 Å². The second-order valence-electron chi connectivity index (χ2n) is 5.38. The monoisotopic (exact) mass is 291 g/mol. The Morgan fingerprint density at radius 1 is 1.05 bits per heavy atom. The van der Waals surface area contributed by atoms with Gasteiger partial charge >= 0.3 is 0 Å². The number of amides is 1. The second kappa shape index (κ2) is 8.55. The Kier molecular flexibility index (Phi) is 6.38. The lowest BCUT2D eigenvalue weighted by molar-refractivity contribution is -0.133. The first-order valence-corrected chi connectivity index (χ1v) is 7.93. The van der Waals surface area contributed by atoms with E-state index in [2.05, 4.69) is 6.92 Å². The molecule has 1 heterocycles. The third-order valence-corrected chi connectivity index (χ3v) is 3.62. The van der Waals surface area contributed by atoms with Crippen LogP contribution in [0.5, 0.6) is 11.5 Å². The highest BCUT2D eigenvalue weighted by Gasteiger charge is 2.16. The summed E-state index contributed by atoms with van der Waals surface area (Å²) in [7, 11) is 0. The summed E-state index contributed by atoms with van der Waals surface area (Å²) < 4.78 is 11.3. The van der Waals surface area contributed by atoms with Crippen LogP contribution in [0.3, 0.4) is 0 Å². The summed E-state index contributed by atoms with van der Waals surface area (Å²) in [5.41, 5.74) is 0. The Morgan fingerprint density at radius 2 is 1.67 bits per heavy atom. The maximum atomic E-state index is 12.2. The standard InChI is InChI=1S/C17H25NO3/c1-2-13-20-15-9-5-6-10-16(15)21-14-17(19)18-11-7-3-4-8-12-18/h5-6,9-10H,2-4,7-8,11-14H2,1H3. The zero-order valence-electron chi connectivity index (χ0n) is 12.8. The van der Waals surface area contributed by atoms with Gasteiger partial charge in [0.25, 0.3) is 5.91 Å². The average molecular weight is 291 g/mol. The fourth-order valence-corrected chi connectivity index (χ4v) is 2.45. The predicted octanol–water partition coefficient (Wildman–Crippen LogP) is 3.26. The lowest BCUT2D eigenvalue weighted by Gasteiger charge is -2.20. The van der Waals surface area contributed by atoms with Gasteiger partial charge in [0, 0.05) is 13.1 Å². The summed E-state index contributed by atoms with van der Waals surface area (Å²) in [6.45, 7) is 4.52. The Hall–Kier alpha value is -1.71. The molecule has 1 saturated heterocycles. The molecule has 1 fully saturated rings. The highest BCUT2D eigenvalue weighted by Crippen LogP contribution is 2.26. The van der Waals surface area contributed by atoms with E-state index < -0.39 is 0 Å². The van der Waals surface area contributed by atoms with Gasteiger partial charge < -0.3 is 14.4 Å². The average Bonchev–Trinajstić information content (AvgIpc) is 2.80. The minimum Gasteiger partial charge on any atom is -0.490 e. The number of benzene rings is 1. The quantitative estimate of drug-likeness (QED) is 0.807. The molecule has 0 unspecified atom stereocenters. The van der Waals surface area contributed by atoms with Crippen LogP contribution < -0.4 is 9.47 Å². The van der Waals surface area contributed by atoms with Gasteiger partial charge in [0.15, 0.2) is 18.1 Å². The normalized spacial score (nSPS) is 15.4. The molecule has 4 nitrogen and oxygen atoms in total. The van der Waals surface area contributed by atoms with Crippen molar-refractivity contribution in [2.75, 3.05) is 26.3 Å². The summed E-state index contributed by atoms with van der Waals surface area (Å²) in [4.78, 5) is 14.1. The summed E-state index contributed by atoms with van der Waals surface area (Å²) >= 11 is 0. The molecule has 0 aliphatic carbocycles. The van der Waals surface area contributed by atoms with E-state index in [1.807, 2.05) is 29.2 Å². The first kappa shape index (κ1) is 15.7. The summed E-state index contributed by atoms with van der Waals surface area (Å²) in [5.74, 6) is 1.43. The number of carbonyl (C=O) groups excluding carboxylic acids is 1. The van der Waals surface area contributed by atoms with E-state index in [0.717, 1.165) is 32.4 Å². The van der Waals surface area contributed by atoms with Crippen LogP contribution in [-0.2, 0) is 4.79 Å². The number of hydrogen-bond donors (Lipinski definition) is 0. The van der Waals surface area contributed by atoms with Gasteiger partial charge in [-0.25, -0.2) is 0 Å². The first-order valence-electron chi connectivity index (χ1n) is 7.93. The molecule has 1 aromatic carbocycles. The van der Waals surface area contributed by atoms with Gasteiger partial charge in [0.2, 0.25) is 0 Å². The van der Waals surface area contributed by atoms with Crippen molar-refractivity contribution < 1.29 is 14.3 Å². The van der Waals surface area contributed by atoms with Gasteiger partial charge in [-0.2, -0.15) is 0 Å². The van der Waals surface area contributed by atoms with Crippen LogP contribution in [-0.4, -0.2) is 37.1 Å². The largest absolute Gasteiger partial charge is 0.490 e. The van der Waals surface area contributed by atoms with Crippen molar-refractivity contribution in [3.05, 3.63) is 24.3 Å².